The zero-order chi connectivity index (χ0) is 18.3. The number of hydrogen-bond donors (Lipinski definition) is 0. The van der Waals surface area contributed by atoms with Gasteiger partial charge in [-0.25, -0.2) is 13.7 Å². The molecule has 2 aliphatic rings. The summed E-state index contributed by atoms with van der Waals surface area (Å²) in [7, 11) is 0. The number of piperidine rings is 1. The molecule has 134 valence electrons. The molecule has 7 heteroatoms. The zero-order valence-electron chi connectivity index (χ0n) is 13.9. The first-order valence-corrected chi connectivity index (χ1v) is 9.33. The Morgan fingerprint density at radius 2 is 1.73 bits per heavy atom. The van der Waals surface area contributed by atoms with Crippen LogP contribution in [-0.4, -0.2) is 29.8 Å². The first-order chi connectivity index (χ1) is 12.6. The van der Waals surface area contributed by atoms with Crippen LogP contribution in [0, 0.1) is 11.6 Å². The second kappa shape index (κ2) is 6.64. The number of imide groups is 1. The molecular formula is C19H16F2N2O2S. The maximum Gasteiger partial charge on any atom is 0.282 e. The van der Waals surface area contributed by atoms with E-state index in [4.69, 9.17) is 0 Å². The van der Waals surface area contributed by atoms with Crippen LogP contribution in [0.2, 0.25) is 0 Å². The number of rotatable bonds is 3. The van der Waals surface area contributed by atoms with Crippen LogP contribution in [-0.2, 0) is 9.59 Å². The van der Waals surface area contributed by atoms with Crippen molar-refractivity contribution in [3.8, 4) is 0 Å². The maximum absolute atomic E-state index is 14.3. The largest absolute Gasteiger partial charge is 0.366 e. The van der Waals surface area contributed by atoms with Crippen molar-refractivity contribution in [2.45, 2.75) is 19.3 Å². The third kappa shape index (κ3) is 2.72. The summed E-state index contributed by atoms with van der Waals surface area (Å²) in [5.41, 5.74) is 0.402. The monoisotopic (exact) mass is 374 g/mol. The van der Waals surface area contributed by atoms with Gasteiger partial charge in [0, 0.05) is 24.0 Å². The number of carbonyl (C=O) groups excluding carboxylic acids is 2. The molecule has 0 radical (unpaired) electrons. The van der Waals surface area contributed by atoms with E-state index >= 15 is 0 Å². The molecule has 1 saturated heterocycles. The van der Waals surface area contributed by atoms with Gasteiger partial charge in [0.1, 0.15) is 17.3 Å². The third-order valence-corrected chi connectivity index (χ3v) is 5.54. The Hall–Kier alpha value is -2.54. The SMILES string of the molecule is O=C1C(c2cccs2)=C(N2CCCCC2)C(=O)N1c1ccc(F)cc1F. The number of carbonyl (C=O) groups is 2. The molecule has 0 saturated carbocycles. The number of thiophene rings is 1. The van der Waals surface area contributed by atoms with Gasteiger partial charge >= 0.3 is 0 Å². The van der Waals surface area contributed by atoms with Gasteiger partial charge in [0.25, 0.3) is 11.8 Å². The average molecular weight is 374 g/mol. The van der Waals surface area contributed by atoms with Crippen LogP contribution in [0.25, 0.3) is 5.57 Å². The summed E-state index contributed by atoms with van der Waals surface area (Å²) in [6.45, 7) is 1.37. The molecule has 4 rings (SSSR count). The Morgan fingerprint density at radius 1 is 0.962 bits per heavy atom. The molecule has 1 aromatic carbocycles. The summed E-state index contributed by atoms with van der Waals surface area (Å²) in [5, 5.41) is 1.83. The Balaban J connectivity index is 1.82. The Labute approximate surface area is 153 Å². The molecule has 1 aromatic heterocycles. The van der Waals surface area contributed by atoms with Gasteiger partial charge in [-0.05, 0) is 42.8 Å². The Morgan fingerprint density at radius 3 is 2.38 bits per heavy atom. The van der Waals surface area contributed by atoms with Crippen molar-refractivity contribution in [2.24, 2.45) is 0 Å². The summed E-state index contributed by atoms with van der Waals surface area (Å²) in [4.78, 5) is 29.6. The van der Waals surface area contributed by atoms with Gasteiger partial charge in [-0.3, -0.25) is 9.59 Å². The van der Waals surface area contributed by atoms with Gasteiger partial charge in [-0.15, -0.1) is 11.3 Å². The van der Waals surface area contributed by atoms with Gasteiger partial charge in [-0.1, -0.05) is 6.07 Å². The fourth-order valence-corrected chi connectivity index (χ4v) is 4.22. The van der Waals surface area contributed by atoms with Crippen molar-refractivity contribution in [1.82, 2.24) is 4.90 Å². The minimum atomic E-state index is -0.933. The predicted octanol–water partition coefficient (Wildman–Crippen LogP) is 3.80. The zero-order valence-corrected chi connectivity index (χ0v) is 14.7. The van der Waals surface area contributed by atoms with Crippen LogP contribution in [0.15, 0.2) is 41.4 Å². The maximum atomic E-state index is 14.3. The topological polar surface area (TPSA) is 40.6 Å². The predicted molar refractivity (Wildman–Crippen MR) is 95.5 cm³/mol. The highest BCUT2D eigenvalue weighted by atomic mass is 32.1. The quantitative estimate of drug-likeness (QED) is 0.768. The first-order valence-electron chi connectivity index (χ1n) is 8.45. The fourth-order valence-electron chi connectivity index (χ4n) is 3.45. The molecule has 26 heavy (non-hydrogen) atoms. The van der Waals surface area contributed by atoms with Crippen molar-refractivity contribution < 1.29 is 18.4 Å². The molecule has 1 fully saturated rings. The lowest BCUT2D eigenvalue weighted by Gasteiger charge is -2.29. The molecule has 2 amide bonds. The molecule has 0 atom stereocenters. The summed E-state index contributed by atoms with van der Waals surface area (Å²) in [6.07, 6.45) is 2.96. The second-order valence-electron chi connectivity index (χ2n) is 6.29. The second-order valence-corrected chi connectivity index (χ2v) is 7.24. The van der Waals surface area contributed by atoms with E-state index in [1.54, 1.807) is 12.1 Å². The van der Waals surface area contributed by atoms with Crippen LogP contribution in [0.5, 0.6) is 0 Å². The number of anilines is 1. The number of hydrogen-bond acceptors (Lipinski definition) is 4. The van der Waals surface area contributed by atoms with Crippen molar-refractivity contribution in [3.63, 3.8) is 0 Å². The lowest BCUT2D eigenvalue weighted by atomic mass is 10.1. The van der Waals surface area contributed by atoms with Crippen LogP contribution in [0.4, 0.5) is 14.5 Å². The molecule has 2 aliphatic heterocycles. The van der Waals surface area contributed by atoms with Crippen molar-refractivity contribution in [2.75, 3.05) is 18.0 Å². The summed E-state index contributed by atoms with van der Waals surface area (Å²) >= 11 is 1.36. The molecule has 0 unspecified atom stereocenters. The molecule has 0 N–H and O–H groups in total. The van der Waals surface area contributed by atoms with E-state index < -0.39 is 23.4 Å². The minimum absolute atomic E-state index is 0.220. The van der Waals surface area contributed by atoms with Gasteiger partial charge in [-0.2, -0.15) is 0 Å². The smallest absolute Gasteiger partial charge is 0.282 e. The van der Waals surface area contributed by atoms with E-state index in [0.717, 1.165) is 36.3 Å². The van der Waals surface area contributed by atoms with Crippen molar-refractivity contribution in [1.29, 1.82) is 0 Å². The summed E-state index contributed by atoms with van der Waals surface area (Å²) < 4.78 is 27.5. The van der Waals surface area contributed by atoms with Crippen LogP contribution >= 0.6 is 11.3 Å². The minimum Gasteiger partial charge on any atom is -0.366 e. The normalized spacial score (nSPS) is 18.2. The van der Waals surface area contributed by atoms with Crippen molar-refractivity contribution >= 4 is 34.4 Å². The molecular weight excluding hydrogens is 358 g/mol. The van der Waals surface area contributed by atoms with Crippen molar-refractivity contribution in [3.05, 3.63) is 57.9 Å². The highest BCUT2D eigenvalue weighted by molar-refractivity contribution is 7.11. The Kier molecular flexibility index (Phi) is 4.32. The van der Waals surface area contributed by atoms with Gasteiger partial charge in [0.2, 0.25) is 0 Å². The third-order valence-electron chi connectivity index (χ3n) is 4.65. The number of halogens is 2. The lowest BCUT2D eigenvalue weighted by Crippen LogP contribution is -2.37. The van der Waals surface area contributed by atoms with E-state index in [0.29, 0.717) is 35.3 Å². The van der Waals surface area contributed by atoms with Gasteiger partial charge < -0.3 is 4.90 Å². The van der Waals surface area contributed by atoms with E-state index in [1.165, 1.54) is 11.3 Å². The highest BCUT2D eigenvalue weighted by Gasteiger charge is 2.43. The van der Waals surface area contributed by atoms with E-state index in [-0.39, 0.29) is 5.69 Å². The van der Waals surface area contributed by atoms with E-state index in [2.05, 4.69) is 0 Å². The standard InChI is InChI=1S/C19H16F2N2O2S/c20-12-6-7-14(13(21)11-12)23-18(24)16(15-5-4-10-26-15)17(19(23)25)22-8-2-1-3-9-22/h4-7,10-11H,1-3,8-9H2. The molecule has 0 aliphatic carbocycles. The molecule has 4 nitrogen and oxygen atoms in total. The number of benzene rings is 1. The lowest BCUT2D eigenvalue weighted by molar-refractivity contribution is -0.120. The molecule has 0 bridgehead atoms. The molecule has 2 aromatic rings. The van der Waals surface area contributed by atoms with Gasteiger partial charge in [0.15, 0.2) is 0 Å². The first kappa shape index (κ1) is 16.9. The summed E-state index contributed by atoms with van der Waals surface area (Å²) in [5.74, 6) is -2.81. The molecule has 0 spiro atoms. The molecule has 3 heterocycles. The summed E-state index contributed by atoms with van der Waals surface area (Å²) in [6, 6.07) is 6.44. The van der Waals surface area contributed by atoms with Crippen LogP contribution in [0.3, 0.4) is 0 Å². The van der Waals surface area contributed by atoms with Crippen LogP contribution < -0.4 is 4.90 Å². The van der Waals surface area contributed by atoms with Gasteiger partial charge in [0.05, 0.1) is 11.3 Å². The average Bonchev–Trinajstić information content (AvgIpc) is 3.23. The fraction of sp³-hybridized carbons (Fsp3) is 0.263. The Bertz CT molecular complexity index is 902. The highest BCUT2D eigenvalue weighted by Crippen LogP contribution is 2.38. The van der Waals surface area contributed by atoms with E-state index in [1.807, 2.05) is 10.3 Å². The number of likely N-dealkylation sites (tertiary alicyclic amines) is 1. The number of nitrogens with zero attached hydrogens (tertiary/aromatic N) is 2. The van der Waals surface area contributed by atoms with Crippen LogP contribution in [0.1, 0.15) is 24.1 Å². The number of amides is 2. The van der Waals surface area contributed by atoms with E-state index in [9.17, 15) is 18.4 Å².